The van der Waals surface area contributed by atoms with Crippen molar-refractivity contribution in [2.75, 3.05) is 0 Å². The molecule has 286 valence electrons. The maximum atomic E-state index is 13.3. The van der Waals surface area contributed by atoms with Crippen LogP contribution in [0.25, 0.3) is 32.7 Å². The minimum Gasteiger partial charge on any atom is -0.461 e. The van der Waals surface area contributed by atoms with Gasteiger partial charge in [-0.25, -0.2) is 14.4 Å². The summed E-state index contributed by atoms with van der Waals surface area (Å²) in [6.07, 6.45) is -1.23. The number of aliphatic hydroxyl groups is 1. The Morgan fingerprint density at radius 3 is 1.47 bits per heavy atom. The molecule has 0 fully saturated rings. The van der Waals surface area contributed by atoms with E-state index in [0.717, 1.165) is 16.7 Å². The summed E-state index contributed by atoms with van der Waals surface area (Å²) in [7, 11) is 0. The number of ether oxygens (including phenoxy) is 4. The Morgan fingerprint density at radius 1 is 0.526 bits per heavy atom. The van der Waals surface area contributed by atoms with Crippen molar-refractivity contribution in [3.8, 4) is 34.1 Å². The van der Waals surface area contributed by atoms with Crippen LogP contribution in [0.2, 0.25) is 0 Å². The highest BCUT2D eigenvalue weighted by molar-refractivity contribution is 5.98. The smallest absolute Gasteiger partial charge is 0.338 e. The second-order valence-corrected chi connectivity index (χ2v) is 14.0. The molecule has 8 heteroatoms. The highest BCUT2D eigenvalue weighted by atomic mass is 16.6. The monoisotopic (exact) mass is 758 g/mol. The predicted octanol–water partition coefficient (Wildman–Crippen LogP) is 10.6. The lowest BCUT2D eigenvalue weighted by atomic mass is 9.79. The molecule has 6 aromatic carbocycles. The van der Waals surface area contributed by atoms with Crippen LogP contribution in [0.5, 0.6) is 23.0 Å². The Hall–Kier alpha value is -7.03. The first-order valence-electron chi connectivity index (χ1n) is 18.1. The van der Waals surface area contributed by atoms with Gasteiger partial charge in [-0.15, -0.1) is 0 Å². The average Bonchev–Trinajstić information content (AvgIpc) is 3.19. The van der Waals surface area contributed by atoms with Gasteiger partial charge in [0.25, 0.3) is 0 Å². The molecule has 0 aliphatic carbocycles. The van der Waals surface area contributed by atoms with Crippen molar-refractivity contribution < 1.29 is 38.4 Å². The Labute approximate surface area is 331 Å². The number of hydrogen-bond donors (Lipinski definition) is 1. The van der Waals surface area contributed by atoms with Crippen LogP contribution in [0.3, 0.4) is 0 Å². The fraction of sp³-hybridized carbons (Fsp3) is 0.122. The molecule has 57 heavy (non-hydrogen) atoms. The van der Waals surface area contributed by atoms with E-state index in [1.165, 1.54) is 0 Å². The van der Waals surface area contributed by atoms with Gasteiger partial charge < -0.3 is 24.1 Å². The molecule has 0 amide bonds. The van der Waals surface area contributed by atoms with Gasteiger partial charge in [-0.1, -0.05) is 105 Å². The average molecular weight is 759 g/mol. The summed E-state index contributed by atoms with van der Waals surface area (Å²) in [5.74, 6) is -1.45. The van der Waals surface area contributed by atoms with Crippen molar-refractivity contribution in [3.63, 3.8) is 0 Å². The number of fused-ring (bicyclic) bond motifs is 2. The molecule has 0 saturated carbocycles. The predicted molar refractivity (Wildman–Crippen MR) is 224 cm³/mol. The zero-order valence-corrected chi connectivity index (χ0v) is 32.3. The second kappa shape index (κ2) is 16.8. The molecule has 0 heterocycles. The van der Waals surface area contributed by atoms with Crippen LogP contribution in [0.1, 0.15) is 50.3 Å². The number of aliphatic hydroxyl groups excluding tert-OH is 1. The third-order valence-electron chi connectivity index (χ3n) is 9.24. The van der Waals surface area contributed by atoms with Crippen LogP contribution in [-0.4, -0.2) is 29.3 Å². The molecular formula is C49H42O8. The van der Waals surface area contributed by atoms with E-state index in [-0.39, 0.29) is 28.2 Å². The molecule has 0 saturated heterocycles. The number of hydrogen-bond acceptors (Lipinski definition) is 8. The number of rotatable bonds is 13. The second-order valence-electron chi connectivity index (χ2n) is 14.0. The Morgan fingerprint density at radius 2 is 0.982 bits per heavy atom. The lowest BCUT2D eigenvalue weighted by molar-refractivity contribution is -0.131. The maximum absolute atomic E-state index is 13.3. The van der Waals surface area contributed by atoms with E-state index in [0.29, 0.717) is 49.7 Å². The summed E-state index contributed by atoms with van der Waals surface area (Å²) < 4.78 is 23.6. The summed E-state index contributed by atoms with van der Waals surface area (Å²) in [5.41, 5.74) is 4.95. The van der Waals surface area contributed by atoms with Gasteiger partial charge in [0.1, 0.15) is 23.0 Å². The number of carbonyl (C=O) groups excluding carboxylic acids is 3. The molecule has 2 unspecified atom stereocenters. The van der Waals surface area contributed by atoms with Gasteiger partial charge in [0.2, 0.25) is 6.29 Å². The highest BCUT2D eigenvalue weighted by Crippen LogP contribution is 2.48. The van der Waals surface area contributed by atoms with E-state index in [9.17, 15) is 19.5 Å². The first-order valence-corrected chi connectivity index (χ1v) is 18.1. The van der Waals surface area contributed by atoms with E-state index in [1.807, 2.05) is 60.7 Å². The third kappa shape index (κ3) is 8.77. The molecule has 6 aromatic rings. The van der Waals surface area contributed by atoms with Crippen LogP contribution in [0, 0.1) is 0 Å². The summed E-state index contributed by atoms with van der Waals surface area (Å²) in [6.45, 7) is 21.5. The van der Waals surface area contributed by atoms with Gasteiger partial charge in [0.15, 0.2) is 0 Å². The Bertz CT molecular complexity index is 2600. The highest BCUT2D eigenvalue weighted by Gasteiger charge is 2.30. The zero-order valence-electron chi connectivity index (χ0n) is 32.3. The first kappa shape index (κ1) is 39.7. The molecule has 0 bridgehead atoms. The van der Waals surface area contributed by atoms with Crippen molar-refractivity contribution in [3.05, 3.63) is 181 Å². The maximum Gasteiger partial charge on any atom is 0.338 e. The standard InChI is InChI=1S/C49H42O8/c1-28(2)46(50)54-37-20-22-39-35(26-37)18-24-41(56-48(52)30(5)6)44(39)43(34-16-14-33(15-17-34)32-12-10-9-11-13-32)45-40-23-21-38(55-47(51)29(3)4)27-36(40)19-25-42(45)57-49(53)31(7)8/h9-27,43,46,50H,1,3,5,7H2,2,4,6,8H3. The molecular weight excluding hydrogens is 717 g/mol. The fourth-order valence-electron chi connectivity index (χ4n) is 6.31. The van der Waals surface area contributed by atoms with Crippen LogP contribution >= 0.6 is 0 Å². The van der Waals surface area contributed by atoms with Crippen molar-refractivity contribution in [1.82, 2.24) is 0 Å². The van der Waals surface area contributed by atoms with Gasteiger partial charge >= 0.3 is 17.9 Å². The van der Waals surface area contributed by atoms with E-state index in [2.05, 4.69) is 26.3 Å². The van der Waals surface area contributed by atoms with Crippen LogP contribution in [0.4, 0.5) is 0 Å². The SMILES string of the molecule is C=C(C)C(=O)Oc1ccc2c(C(c3ccc(-c4ccccc4)cc3)c3c(OC(=O)C(=C)C)ccc4cc(OC(O)C(=C)C)ccc34)c(OC(=O)C(=C)C)ccc2c1. The quantitative estimate of drug-likeness (QED) is 0.0310. The molecule has 2 atom stereocenters. The Balaban J connectivity index is 1.70. The lowest BCUT2D eigenvalue weighted by Crippen LogP contribution is -2.16. The topological polar surface area (TPSA) is 108 Å². The van der Waals surface area contributed by atoms with E-state index >= 15 is 0 Å². The van der Waals surface area contributed by atoms with E-state index in [4.69, 9.17) is 18.9 Å². The third-order valence-corrected chi connectivity index (χ3v) is 9.24. The fourth-order valence-corrected chi connectivity index (χ4v) is 6.31. The number of benzene rings is 6. The lowest BCUT2D eigenvalue weighted by Gasteiger charge is -2.27. The molecule has 6 rings (SSSR count). The zero-order chi connectivity index (χ0) is 41.0. The first-order chi connectivity index (χ1) is 27.2. The molecule has 1 N–H and O–H groups in total. The Kier molecular flexibility index (Phi) is 11.7. The van der Waals surface area contributed by atoms with Crippen molar-refractivity contribution in [2.24, 2.45) is 0 Å². The summed E-state index contributed by atoms with van der Waals surface area (Å²) in [5, 5.41) is 13.2. The minimum atomic E-state index is -1.23. The number of carbonyl (C=O) groups is 3. The van der Waals surface area contributed by atoms with Gasteiger partial charge in [-0.05, 0) is 108 Å². The van der Waals surface area contributed by atoms with Crippen LogP contribution in [-0.2, 0) is 14.4 Å². The number of esters is 3. The van der Waals surface area contributed by atoms with Crippen molar-refractivity contribution in [1.29, 1.82) is 0 Å². The van der Waals surface area contributed by atoms with Gasteiger partial charge in [-0.3, -0.25) is 0 Å². The molecule has 0 aromatic heterocycles. The van der Waals surface area contributed by atoms with Crippen LogP contribution < -0.4 is 18.9 Å². The van der Waals surface area contributed by atoms with Crippen LogP contribution in [0.15, 0.2) is 164 Å². The molecule has 0 aliphatic heterocycles. The summed E-state index contributed by atoms with van der Waals surface area (Å²) in [6, 6.07) is 35.4. The molecule has 8 nitrogen and oxygen atoms in total. The molecule has 0 aliphatic rings. The van der Waals surface area contributed by atoms with Gasteiger partial charge in [0, 0.05) is 33.8 Å². The van der Waals surface area contributed by atoms with Crippen molar-refractivity contribution in [2.45, 2.75) is 39.9 Å². The molecule has 0 radical (unpaired) electrons. The van der Waals surface area contributed by atoms with E-state index < -0.39 is 30.1 Å². The van der Waals surface area contributed by atoms with Gasteiger partial charge in [0.05, 0.1) is 0 Å². The minimum absolute atomic E-state index is 0.192. The van der Waals surface area contributed by atoms with E-state index in [1.54, 1.807) is 82.3 Å². The molecule has 0 spiro atoms. The van der Waals surface area contributed by atoms with Crippen molar-refractivity contribution >= 4 is 39.5 Å². The normalized spacial score (nSPS) is 11.9. The summed E-state index contributed by atoms with van der Waals surface area (Å²) >= 11 is 0. The summed E-state index contributed by atoms with van der Waals surface area (Å²) in [4.78, 5) is 39.1. The van der Waals surface area contributed by atoms with Gasteiger partial charge in [-0.2, -0.15) is 0 Å². The largest absolute Gasteiger partial charge is 0.461 e.